The summed E-state index contributed by atoms with van der Waals surface area (Å²) in [5.74, 6) is -1.49. The molecule has 0 radical (unpaired) electrons. The molecule has 0 aliphatic heterocycles. The van der Waals surface area contributed by atoms with Crippen LogP contribution in [0.4, 0.5) is 10.1 Å². The molecule has 2 N–H and O–H groups in total. The first-order valence-corrected chi connectivity index (χ1v) is 4.31. The standard InChI is InChI=1S/C10H11FN2O2/c1-13(10(15)6-9(12)14)8-4-2-7(11)3-5-8/h2-5H,6H2,1H3,(H2,12,14). The minimum atomic E-state index is -0.686. The van der Waals surface area contributed by atoms with Crippen molar-refractivity contribution in [3.05, 3.63) is 30.1 Å². The number of rotatable bonds is 3. The number of carbonyl (C=O) groups is 2. The lowest BCUT2D eigenvalue weighted by Gasteiger charge is -2.16. The van der Waals surface area contributed by atoms with E-state index in [2.05, 4.69) is 0 Å². The fourth-order valence-electron chi connectivity index (χ4n) is 1.08. The van der Waals surface area contributed by atoms with Gasteiger partial charge in [-0.25, -0.2) is 4.39 Å². The van der Waals surface area contributed by atoms with E-state index < -0.39 is 11.8 Å². The van der Waals surface area contributed by atoms with Crippen LogP contribution in [0.3, 0.4) is 0 Å². The van der Waals surface area contributed by atoms with E-state index in [-0.39, 0.29) is 12.2 Å². The van der Waals surface area contributed by atoms with Crippen molar-refractivity contribution in [1.82, 2.24) is 0 Å². The number of nitrogens with zero attached hydrogens (tertiary/aromatic N) is 1. The third kappa shape index (κ3) is 3.05. The summed E-state index contributed by atoms with van der Waals surface area (Å²) in [4.78, 5) is 23.1. The van der Waals surface area contributed by atoms with Gasteiger partial charge in [0.2, 0.25) is 11.8 Å². The summed E-state index contributed by atoms with van der Waals surface area (Å²) in [5, 5.41) is 0. The molecule has 1 rings (SSSR count). The summed E-state index contributed by atoms with van der Waals surface area (Å²) in [7, 11) is 1.50. The highest BCUT2D eigenvalue weighted by atomic mass is 19.1. The highest BCUT2D eigenvalue weighted by Crippen LogP contribution is 2.13. The first-order valence-electron chi connectivity index (χ1n) is 4.31. The van der Waals surface area contributed by atoms with Crippen LogP contribution in [0, 0.1) is 5.82 Å². The zero-order valence-corrected chi connectivity index (χ0v) is 8.24. The van der Waals surface area contributed by atoms with Gasteiger partial charge in [-0.05, 0) is 24.3 Å². The van der Waals surface area contributed by atoms with Crippen molar-refractivity contribution in [2.24, 2.45) is 5.73 Å². The third-order valence-electron chi connectivity index (χ3n) is 1.91. The number of halogens is 1. The quantitative estimate of drug-likeness (QED) is 0.745. The van der Waals surface area contributed by atoms with E-state index in [0.717, 1.165) is 0 Å². The molecule has 0 bridgehead atoms. The van der Waals surface area contributed by atoms with Gasteiger partial charge in [-0.2, -0.15) is 0 Å². The van der Waals surface area contributed by atoms with Crippen LogP contribution in [0.5, 0.6) is 0 Å². The van der Waals surface area contributed by atoms with Crippen molar-refractivity contribution in [3.8, 4) is 0 Å². The molecule has 5 heteroatoms. The zero-order valence-electron chi connectivity index (χ0n) is 8.24. The van der Waals surface area contributed by atoms with Crippen molar-refractivity contribution < 1.29 is 14.0 Å². The number of primary amides is 1. The Kier molecular flexibility index (Phi) is 3.38. The van der Waals surface area contributed by atoms with E-state index in [0.29, 0.717) is 5.69 Å². The summed E-state index contributed by atoms with van der Waals surface area (Å²) in [6.45, 7) is 0. The second-order valence-corrected chi connectivity index (χ2v) is 3.07. The average molecular weight is 210 g/mol. The maximum atomic E-state index is 12.6. The van der Waals surface area contributed by atoms with Gasteiger partial charge in [0.25, 0.3) is 0 Å². The molecule has 0 aliphatic rings. The first kappa shape index (κ1) is 11.2. The molecular formula is C10H11FN2O2. The molecule has 0 aromatic heterocycles. The first-order chi connectivity index (χ1) is 7.00. The summed E-state index contributed by atoms with van der Waals surface area (Å²) in [5.41, 5.74) is 5.40. The van der Waals surface area contributed by atoms with Crippen LogP contribution in [-0.4, -0.2) is 18.9 Å². The van der Waals surface area contributed by atoms with Gasteiger partial charge in [-0.3, -0.25) is 9.59 Å². The number of anilines is 1. The molecule has 0 atom stereocenters. The lowest BCUT2D eigenvalue weighted by atomic mass is 10.2. The van der Waals surface area contributed by atoms with E-state index in [1.54, 1.807) is 0 Å². The molecule has 4 nitrogen and oxygen atoms in total. The number of carbonyl (C=O) groups excluding carboxylic acids is 2. The molecule has 0 saturated heterocycles. The number of benzene rings is 1. The van der Waals surface area contributed by atoms with Crippen molar-refractivity contribution >= 4 is 17.5 Å². The maximum Gasteiger partial charge on any atom is 0.236 e. The van der Waals surface area contributed by atoms with E-state index >= 15 is 0 Å². The second-order valence-electron chi connectivity index (χ2n) is 3.07. The van der Waals surface area contributed by atoms with Crippen LogP contribution in [0.2, 0.25) is 0 Å². The molecule has 0 spiro atoms. The Hall–Kier alpha value is -1.91. The Morgan fingerprint density at radius 3 is 2.33 bits per heavy atom. The fourth-order valence-corrected chi connectivity index (χ4v) is 1.08. The maximum absolute atomic E-state index is 12.6. The molecule has 0 unspecified atom stereocenters. The number of hydrogen-bond acceptors (Lipinski definition) is 2. The van der Waals surface area contributed by atoms with E-state index in [1.807, 2.05) is 0 Å². The third-order valence-corrected chi connectivity index (χ3v) is 1.91. The Labute approximate surface area is 86.5 Å². The van der Waals surface area contributed by atoms with Crippen LogP contribution in [0.15, 0.2) is 24.3 Å². The van der Waals surface area contributed by atoms with Crippen LogP contribution in [0.1, 0.15) is 6.42 Å². The van der Waals surface area contributed by atoms with Gasteiger partial charge in [0.15, 0.2) is 0 Å². The summed E-state index contributed by atoms with van der Waals surface area (Å²) >= 11 is 0. The minimum absolute atomic E-state index is 0.353. The number of hydrogen-bond donors (Lipinski definition) is 1. The Morgan fingerprint density at radius 1 is 1.33 bits per heavy atom. The predicted molar refractivity (Wildman–Crippen MR) is 53.6 cm³/mol. The van der Waals surface area contributed by atoms with Crippen molar-refractivity contribution in [3.63, 3.8) is 0 Å². The molecule has 0 saturated carbocycles. The molecule has 0 fully saturated rings. The highest BCUT2D eigenvalue weighted by molar-refractivity contribution is 6.04. The highest BCUT2D eigenvalue weighted by Gasteiger charge is 2.13. The summed E-state index contributed by atoms with van der Waals surface area (Å²) in [6, 6.07) is 5.38. The average Bonchev–Trinajstić information content (AvgIpc) is 2.17. The van der Waals surface area contributed by atoms with E-state index in [4.69, 9.17) is 5.73 Å². The summed E-state index contributed by atoms with van der Waals surface area (Å²) < 4.78 is 12.6. The Morgan fingerprint density at radius 2 is 1.87 bits per heavy atom. The topological polar surface area (TPSA) is 63.4 Å². The lowest BCUT2D eigenvalue weighted by molar-refractivity contribution is -0.125. The minimum Gasteiger partial charge on any atom is -0.369 e. The van der Waals surface area contributed by atoms with Crippen LogP contribution in [0.25, 0.3) is 0 Å². The molecule has 2 amide bonds. The van der Waals surface area contributed by atoms with Gasteiger partial charge in [-0.15, -0.1) is 0 Å². The van der Waals surface area contributed by atoms with Crippen LogP contribution < -0.4 is 10.6 Å². The molecule has 15 heavy (non-hydrogen) atoms. The monoisotopic (exact) mass is 210 g/mol. The molecular weight excluding hydrogens is 199 g/mol. The van der Waals surface area contributed by atoms with Crippen molar-refractivity contribution in [2.75, 3.05) is 11.9 Å². The van der Waals surface area contributed by atoms with Crippen molar-refractivity contribution in [1.29, 1.82) is 0 Å². The van der Waals surface area contributed by atoms with Crippen LogP contribution in [-0.2, 0) is 9.59 Å². The number of amides is 2. The molecule has 1 aromatic carbocycles. The Balaban J connectivity index is 2.76. The van der Waals surface area contributed by atoms with Crippen LogP contribution >= 0.6 is 0 Å². The van der Waals surface area contributed by atoms with Gasteiger partial charge in [0.1, 0.15) is 12.2 Å². The van der Waals surface area contributed by atoms with Gasteiger partial charge < -0.3 is 10.6 Å². The number of nitrogens with two attached hydrogens (primary N) is 1. The zero-order chi connectivity index (χ0) is 11.4. The summed E-state index contributed by atoms with van der Waals surface area (Å²) in [6.07, 6.45) is -0.353. The van der Waals surface area contributed by atoms with E-state index in [9.17, 15) is 14.0 Å². The molecule has 80 valence electrons. The fraction of sp³-hybridized carbons (Fsp3) is 0.200. The second kappa shape index (κ2) is 4.54. The smallest absolute Gasteiger partial charge is 0.236 e. The van der Waals surface area contributed by atoms with Gasteiger partial charge in [0.05, 0.1) is 0 Å². The van der Waals surface area contributed by atoms with Crippen molar-refractivity contribution in [2.45, 2.75) is 6.42 Å². The Bertz CT molecular complexity index is 376. The van der Waals surface area contributed by atoms with E-state index in [1.165, 1.54) is 36.2 Å². The largest absolute Gasteiger partial charge is 0.369 e. The molecule has 1 aromatic rings. The predicted octanol–water partition coefficient (Wildman–Crippen LogP) is 0.664. The van der Waals surface area contributed by atoms with Gasteiger partial charge >= 0.3 is 0 Å². The lowest BCUT2D eigenvalue weighted by Crippen LogP contribution is -2.30. The van der Waals surface area contributed by atoms with Gasteiger partial charge in [-0.1, -0.05) is 0 Å². The SMILES string of the molecule is CN(C(=O)CC(N)=O)c1ccc(F)cc1. The molecule has 0 aliphatic carbocycles. The molecule has 0 heterocycles. The van der Waals surface area contributed by atoms with Gasteiger partial charge in [0, 0.05) is 12.7 Å². The normalized spacial score (nSPS) is 9.73.